The van der Waals surface area contributed by atoms with Crippen LogP contribution in [0.5, 0.6) is 5.75 Å². The molecule has 76 valence electrons. The Kier molecular flexibility index (Phi) is 3.21. The summed E-state index contributed by atoms with van der Waals surface area (Å²) in [5.41, 5.74) is -0.577. The molecule has 1 N–H and O–H groups in total. The Bertz CT molecular complexity index is 358. The van der Waals surface area contributed by atoms with E-state index in [0.29, 0.717) is 6.07 Å². The number of rotatable bonds is 1. The third-order valence-electron chi connectivity index (χ3n) is 1.52. The Morgan fingerprint density at radius 3 is 2.36 bits per heavy atom. The van der Waals surface area contributed by atoms with Crippen LogP contribution in [0.2, 0.25) is 0 Å². The van der Waals surface area contributed by atoms with Gasteiger partial charge in [-0.05, 0) is 34.8 Å². The van der Waals surface area contributed by atoms with Gasteiger partial charge < -0.3 is 5.11 Å². The average Bonchev–Trinajstić information content (AvgIpc) is 2.02. The van der Waals surface area contributed by atoms with Gasteiger partial charge in [0.15, 0.2) is 0 Å². The second-order valence-corrected chi connectivity index (χ2v) is 3.13. The summed E-state index contributed by atoms with van der Waals surface area (Å²) in [5.74, 6) is -0.402. The lowest BCUT2D eigenvalue weighted by atomic mass is 10.1. The standard InChI is InChI=1S/C9H6BrF3O/c10-2-1-6-3-7(9(11,12)13)5-8(14)4-6/h1-5,14H/b2-1+. The largest absolute Gasteiger partial charge is 0.508 e. The van der Waals surface area contributed by atoms with Crippen LogP contribution in [0, 0.1) is 0 Å². The molecule has 0 bridgehead atoms. The lowest BCUT2D eigenvalue weighted by Gasteiger charge is -2.07. The molecular formula is C9H6BrF3O. The second kappa shape index (κ2) is 4.04. The molecule has 0 aliphatic heterocycles. The van der Waals surface area contributed by atoms with Crippen LogP contribution < -0.4 is 0 Å². The summed E-state index contributed by atoms with van der Waals surface area (Å²) >= 11 is 2.94. The van der Waals surface area contributed by atoms with E-state index < -0.39 is 17.5 Å². The van der Waals surface area contributed by atoms with Crippen molar-refractivity contribution < 1.29 is 18.3 Å². The van der Waals surface area contributed by atoms with Gasteiger partial charge in [-0.25, -0.2) is 0 Å². The van der Waals surface area contributed by atoms with E-state index in [9.17, 15) is 13.2 Å². The maximum Gasteiger partial charge on any atom is 0.416 e. The predicted molar refractivity (Wildman–Crippen MR) is 51.1 cm³/mol. The molecule has 0 unspecified atom stereocenters. The number of aromatic hydroxyl groups is 1. The number of halogens is 4. The minimum Gasteiger partial charge on any atom is -0.508 e. The van der Waals surface area contributed by atoms with Crippen molar-refractivity contribution in [1.29, 1.82) is 0 Å². The van der Waals surface area contributed by atoms with Crippen molar-refractivity contribution >= 4 is 22.0 Å². The van der Waals surface area contributed by atoms with E-state index >= 15 is 0 Å². The molecule has 0 heterocycles. The first-order valence-corrected chi connectivity index (χ1v) is 4.53. The minimum absolute atomic E-state index is 0.286. The second-order valence-electron chi connectivity index (χ2n) is 2.60. The van der Waals surface area contributed by atoms with Crippen molar-refractivity contribution in [3.8, 4) is 5.75 Å². The van der Waals surface area contributed by atoms with E-state index in [1.165, 1.54) is 17.1 Å². The van der Waals surface area contributed by atoms with Crippen LogP contribution in [0.15, 0.2) is 23.2 Å². The van der Waals surface area contributed by atoms with Crippen LogP contribution in [0.25, 0.3) is 6.08 Å². The fourth-order valence-electron chi connectivity index (χ4n) is 0.967. The molecule has 1 rings (SSSR count). The summed E-state index contributed by atoms with van der Waals surface area (Å²) in [6.07, 6.45) is -3.03. The molecule has 1 nitrogen and oxygen atoms in total. The van der Waals surface area contributed by atoms with Gasteiger partial charge in [0, 0.05) is 0 Å². The first-order chi connectivity index (χ1) is 6.43. The van der Waals surface area contributed by atoms with E-state index in [4.69, 9.17) is 5.11 Å². The summed E-state index contributed by atoms with van der Waals surface area (Å²) < 4.78 is 36.7. The molecule has 0 aromatic heterocycles. The number of hydrogen-bond donors (Lipinski definition) is 1. The molecule has 5 heteroatoms. The highest BCUT2D eigenvalue weighted by Crippen LogP contribution is 2.32. The third kappa shape index (κ3) is 2.77. The monoisotopic (exact) mass is 266 g/mol. The Morgan fingerprint density at radius 1 is 1.21 bits per heavy atom. The molecule has 14 heavy (non-hydrogen) atoms. The van der Waals surface area contributed by atoms with Crippen LogP contribution in [-0.2, 0) is 6.18 Å². The van der Waals surface area contributed by atoms with E-state index in [1.807, 2.05) is 0 Å². The molecule has 0 saturated carbocycles. The Morgan fingerprint density at radius 2 is 1.86 bits per heavy atom. The lowest BCUT2D eigenvalue weighted by Crippen LogP contribution is -2.04. The minimum atomic E-state index is -4.44. The highest BCUT2D eigenvalue weighted by Gasteiger charge is 2.31. The van der Waals surface area contributed by atoms with E-state index in [1.54, 1.807) is 0 Å². The fraction of sp³-hybridized carbons (Fsp3) is 0.111. The number of phenolic OH excluding ortho intramolecular Hbond substituents is 1. The maximum absolute atomic E-state index is 12.2. The van der Waals surface area contributed by atoms with Gasteiger partial charge in [0.1, 0.15) is 5.75 Å². The van der Waals surface area contributed by atoms with Crippen LogP contribution in [-0.4, -0.2) is 5.11 Å². The lowest BCUT2D eigenvalue weighted by molar-refractivity contribution is -0.137. The Hall–Kier alpha value is -0.970. The molecule has 1 aromatic carbocycles. The highest BCUT2D eigenvalue weighted by atomic mass is 79.9. The van der Waals surface area contributed by atoms with E-state index in [2.05, 4.69) is 15.9 Å². The van der Waals surface area contributed by atoms with E-state index in [-0.39, 0.29) is 5.56 Å². The van der Waals surface area contributed by atoms with Crippen molar-refractivity contribution in [2.75, 3.05) is 0 Å². The van der Waals surface area contributed by atoms with Gasteiger partial charge in [-0.2, -0.15) is 13.2 Å². The molecule has 0 saturated heterocycles. The number of hydrogen-bond acceptors (Lipinski definition) is 1. The van der Waals surface area contributed by atoms with Crippen molar-refractivity contribution in [3.05, 3.63) is 34.3 Å². The molecule has 0 fully saturated rings. The average molecular weight is 267 g/mol. The van der Waals surface area contributed by atoms with Crippen LogP contribution in [0.4, 0.5) is 13.2 Å². The summed E-state index contributed by atoms with van der Waals surface area (Å²) in [5, 5.41) is 9.03. The zero-order chi connectivity index (χ0) is 10.8. The zero-order valence-electron chi connectivity index (χ0n) is 6.85. The summed E-state index contributed by atoms with van der Waals surface area (Å²) in [6, 6.07) is 2.88. The van der Waals surface area contributed by atoms with Crippen molar-refractivity contribution in [2.24, 2.45) is 0 Å². The SMILES string of the molecule is Oc1cc(/C=C/Br)cc(C(F)(F)F)c1. The molecule has 1 aromatic rings. The van der Waals surface area contributed by atoms with Gasteiger partial charge in [0.25, 0.3) is 0 Å². The van der Waals surface area contributed by atoms with Crippen LogP contribution >= 0.6 is 15.9 Å². The molecule has 0 spiro atoms. The van der Waals surface area contributed by atoms with Gasteiger partial charge in [-0.15, -0.1) is 0 Å². The molecule has 0 aliphatic carbocycles. The first kappa shape index (κ1) is 11.1. The fourth-order valence-corrected chi connectivity index (χ4v) is 1.27. The molecule has 0 radical (unpaired) electrons. The molecular weight excluding hydrogens is 261 g/mol. The van der Waals surface area contributed by atoms with Gasteiger partial charge >= 0.3 is 6.18 Å². The number of alkyl halides is 3. The molecule has 0 atom stereocenters. The smallest absolute Gasteiger partial charge is 0.416 e. The topological polar surface area (TPSA) is 20.2 Å². The van der Waals surface area contributed by atoms with E-state index in [0.717, 1.165) is 6.07 Å². The Labute approximate surface area is 87.0 Å². The molecule has 0 amide bonds. The van der Waals surface area contributed by atoms with Gasteiger partial charge in [-0.3, -0.25) is 0 Å². The Balaban J connectivity index is 3.20. The van der Waals surface area contributed by atoms with Crippen molar-refractivity contribution in [3.63, 3.8) is 0 Å². The first-order valence-electron chi connectivity index (χ1n) is 3.61. The normalized spacial score (nSPS) is 12.3. The number of benzene rings is 1. The molecule has 0 aliphatic rings. The zero-order valence-corrected chi connectivity index (χ0v) is 8.43. The predicted octanol–water partition coefficient (Wildman–Crippen LogP) is 3.78. The van der Waals surface area contributed by atoms with Crippen molar-refractivity contribution in [1.82, 2.24) is 0 Å². The third-order valence-corrected chi connectivity index (χ3v) is 1.79. The van der Waals surface area contributed by atoms with Crippen LogP contribution in [0.1, 0.15) is 11.1 Å². The summed E-state index contributed by atoms with van der Waals surface area (Å²) in [6.45, 7) is 0. The van der Waals surface area contributed by atoms with Gasteiger partial charge in [0.05, 0.1) is 5.56 Å². The van der Waals surface area contributed by atoms with Gasteiger partial charge in [-0.1, -0.05) is 15.9 Å². The summed E-state index contributed by atoms with van der Waals surface area (Å²) in [7, 11) is 0. The number of phenols is 1. The van der Waals surface area contributed by atoms with Crippen LogP contribution in [0.3, 0.4) is 0 Å². The van der Waals surface area contributed by atoms with Gasteiger partial charge in [0.2, 0.25) is 0 Å². The quantitative estimate of drug-likeness (QED) is 0.821. The van der Waals surface area contributed by atoms with Crippen molar-refractivity contribution in [2.45, 2.75) is 6.18 Å². The maximum atomic E-state index is 12.2. The summed E-state index contributed by atoms with van der Waals surface area (Å²) in [4.78, 5) is 1.42. The highest BCUT2D eigenvalue weighted by molar-refractivity contribution is 9.11.